The predicted molar refractivity (Wildman–Crippen MR) is 144 cm³/mol. The summed E-state index contributed by atoms with van der Waals surface area (Å²) in [6.45, 7) is 11.6. The van der Waals surface area contributed by atoms with Gasteiger partial charge in [0.25, 0.3) is 0 Å². The van der Waals surface area contributed by atoms with E-state index in [2.05, 4.69) is 6.92 Å². The maximum atomic E-state index is 13.0. The molecule has 1 aliphatic heterocycles. The van der Waals surface area contributed by atoms with Gasteiger partial charge in [-0.15, -0.1) is 0 Å². The average Bonchev–Trinajstić information content (AvgIpc) is 2.88. The fourth-order valence-corrected chi connectivity index (χ4v) is 5.17. The first-order valence-corrected chi connectivity index (χ1v) is 12.8. The molecule has 6 nitrogen and oxygen atoms in total. The predicted octanol–water partition coefficient (Wildman–Crippen LogP) is 6.52. The molecule has 1 heterocycles. The molecule has 0 bridgehead atoms. The Morgan fingerprint density at radius 3 is 2.54 bits per heavy atom. The van der Waals surface area contributed by atoms with Crippen LogP contribution in [0.15, 0.2) is 36.4 Å². The Labute approximate surface area is 218 Å². The van der Waals surface area contributed by atoms with Crippen molar-refractivity contribution < 1.29 is 28.5 Å². The van der Waals surface area contributed by atoms with Crippen LogP contribution in [0.3, 0.4) is 0 Å². The molecule has 0 spiro atoms. The lowest BCUT2D eigenvalue weighted by Gasteiger charge is -2.38. The number of ether oxygens (including phenoxy) is 4. The van der Waals surface area contributed by atoms with E-state index < -0.39 is 11.5 Å². The highest BCUT2D eigenvalue weighted by molar-refractivity contribution is 5.91. The van der Waals surface area contributed by atoms with Crippen LogP contribution < -0.4 is 14.2 Å². The number of benzene rings is 3. The molecule has 0 N–H and O–H groups in total. The average molecular weight is 505 g/mol. The minimum atomic E-state index is -0.459. The third-order valence-electron chi connectivity index (χ3n) is 7.63. The van der Waals surface area contributed by atoms with Gasteiger partial charge in [-0.2, -0.15) is 0 Å². The molecule has 0 radical (unpaired) electrons. The van der Waals surface area contributed by atoms with Crippen molar-refractivity contribution in [2.24, 2.45) is 0 Å². The summed E-state index contributed by atoms with van der Waals surface area (Å²) in [6, 6.07) is 11.8. The van der Waals surface area contributed by atoms with Crippen LogP contribution in [0, 0.1) is 20.8 Å². The first-order chi connectivity index (χ1) is 17.5. The minimum Gasteiger partial charge on any atom is -0.497 e. The lowest BCUT2D eigenvalue weighted by Crippen LogP contribution is -2.38. The zero-order valence-electron chi connectivity index (χ0n) is 22.8. The van der Waals surface area contributed by atoms with Crippen molar-refractivity contribution in [1.82, 2.24) is 0 Å². The topological polar surface area (TPSA) is 71.1 Å². The highest BCUT2D eigenvalue weighted by atomic mass is 16.5. The summed E-state index contributed by atoms with van der Waals surface area (Å²) in [6.07, 6.45) is 2.17. The zero-order valence-corrected chi connectivity index (χ0v) is 22.8. The molecule has 1 aliphatic rings. The van der Waals surface area contributed by atoms with E-state index in [4.69, 9.17) is 18.9 Å². The third kappa shape index (κ3) is 5.29. The summed E-state index contributed by atoms with van der Waals surface area (Å²) >= 11 is 0. The van der Waals surface area contributed by atoms with Gasteiger partial charge in [-0.3, -0.25) is 9.59 Å². The molecular weight excluding hydrogens is 468 g/mol. The number of rotatable bonds is 7. The van der Waals surface area contributed by atoms with Crippen LogP contribution >= 0.6 is 0 Å². The SMILES string of the molecule is COc1ccc2c([C@H](C)C(=O)OCC[C@@]3(C)CCc4c(C)c(OC(C)=O)c(C)c(C)c4O3)cccc2c1. The standard InChI is InChI=1S/C31H36O6/c1-18-19(2)29-26(20(3)28(18)36-22(5)32)13-14-31(6,37-29)15-16-35-30(33)21(4)25-10-8-9-23-17-24(34-7)11-12-27(23)25/h8-12,17,21H,13-16H2,1-7H3/t21-,31+/m0/s1. The van der Waals surface area contributed by atoms with E-state index in [1.54, 1.807) is 7.11 Å². The van der Waals surface area contributed by atoms with Crippen molar-refractivity contribution in [3.63, 3.8) is 0 Å². The van der Waals surface area contributed by atoms with Gasteiger partial charge in [0.1, 0.15) is 22.8 Å². The number of fused-ring (bicyclic) bond motifs is 2. The van der Waals surface area contributed by atoms with Gasteiger partial charge in [-0.25, -0.2) is 0 Å². The van der Waals surface area contributed by atoms with Crippen LogP contribution in [0.2, 0.25) is 0 Å². The zero-order chi connectivity index (χ0) is 26.9. The second-order valence-electron chi connectivity index (χ2n) is 10.2. The number of methoxy groups -OCH3 is 1. The van der Waals surface area contributed by atoms with Crippen molar-refractivity contribution in [2.45, 2.75) is 72.3 Å². The lowest BCUT2D eigenvalue weighted by atomic mass is 9.85. The van der Waals surface area contributed by atoms with Crippen molar-refractivity contribution in [3.8, 4) is 17.2 Å². The number of hydrogen-bond acceptors (Lipinski definition) is 6. The van der Waals surface area contributed by atoms with Crippen LogP contribution in [0.4, 0.5) is 0 Å². The second kappa shape index (κ2) is 10.4. The summed E-state index contributed by atoms with van der Waals surface area (Å²) in [5, 5.41) is 2.04. The van der Waals surface area contributed by atoms with E-state index in [0.717, 1.165) is 62.9 Å². The largest absolute Gasteiger partial charge is 0.497 e. The molecule has 3 aromatic carbocycles. The molecule has 6 heteroatoms. The lowest BCUT2D eigenvalue weighted by molar-refractivity contribution is -0.146. The molecule has 0 amide bonds. The van der Waals surface area contributed by atoms with E-state index in [1.807, 2.05) is 64.1 Å². The van der Waals surface area contributed by atoms with Crippen molar-refractivity contribution in [1.29, 1.82) is 0 Å². The van der Waals surface area contributed by atoms with Gasteiger partial charge < -0.3 is 18.9 Å². The Morgan fingerprint density at radius 2 is 1.84 bits per heavy atom. The minimum absolute atomic E-state index is 0.253. The molecule has 0 aliphatic carbocycles. The number of carbonyl (C=O) groups excluding carboxylic acids is 2. The van der Waals surface area contributed by atoms with Gasteiger partial charge in [-0.1, -0.05) is 24.3 Å². The van der Waals surface area contributed by atoms with Crippen LogP contribution in [0.5, 0.6) is 17.2 Å². The monoisotopic (exact) mass is 504 g/mol. The van der Waals surface area contributed by atoms with Crippen LogP contribution in [-0.2, 0) is 20.7 Å². The van der Waals surface area contributed by atoms with Gasteiger partial charge in [0.05, 0.1) is 19.6 Å². The normalized spacial score (nSPS) is 17.5. The molecule has 0 unspecified atom stereocenters. The molecule has 4 rings (SSSR count). The summed E-state index contributed by atoms with van der Waals surface area (Å²) in [7, 11) is 1.64. The Bertz CT molecular complexity index is 1360. The molecular formula is C31H36O6. The number of hydrogen-bond donors (Lipinski definition) is 0. The van der Waals surface area contributed by atoms with E-state index in [-0.39, 0.29) is 18.5 Å². The fraction of sp³-hybridized carbons (Fsp3) is 0.419. The number of esters is 2. The Kier molecular flexibility index (Phi) is 7.49. The number of carbonyl (C=O) groups is 2. The van der Waals surface area contributed by atoms with Gasteiger partial charge >= 0.3 is 11.9 Å². The first-order valence-electron chi connectivity index (χ1n) is 12.8. The molecule has 0 saturated heterocycles. The van der Waals surface area contributed by atoms with E-state index in [9.17, 15) is 9.59 Å². The first kappa shape index (κ1) is 26.5. The van der Waals surface area contributed by atoms with Crippen molar-refractivity contribution in [2.75, 3.05) is 13.7 Å². The van der Waals surface area contributed by atoms with Crippen LogP contribution in [0.1, 0.15) is 67.3 Å². The van der Waals surface area contributed by atoms with E-state index >= 15 is 0 Å². The smallest absolute Gasteiger partial charge is 0.313 e. The van der Waals surface area contributed by atoms with E-state index in [1.165, 1.54) is 6.92 Å². The molecule has 37 heavy (non-hydrogen) atoms. The molecule has 196 valence electrons. The second-order valence-corrected chi connectivity index (χ2v) is 10.2. The van der Waals surface area contributed by atoms with Gasteiger partial charge in [0.2, 0.25) is 0 Å². The molecule has 2 atom stereocenters. The van der Waals surface area contributed by atoms with Crippen LogP contribution in [-0.4, -0.2) is 31.3 Å². The third-order valence-corrected chi connectivity index (χ3v) is 7.63. The Hall–Kier alpha value is -3.54. The van der Waals surface area contributed by atoms with Crippen molar-refractivity contribution >= 4 is 22.7 Å². The summed E-state index contributed by atoms with van der Waals surface area (Å²) in [5.41, 5.74) is 4.38. The molecule has 0 fully saturated rings. The highest BCUT2D eigenvalue weighted by Crippen LogP contribution is 2.44. The highest BCUT2D eigenvalue weighted by Gasteiger charge is 2.35. The molecule has 0 saturated carbocycles. The van der Waals surface area contributed by atoms with Gasteiger partial charge in [0.15, 0.2) is 0 Å². The summed E-state index contributed by atoms with van der Waals surface area (Å²) in [5.74, 6) is 1.29. The van der Waals surface area contributed by atoms with Crippen LogP contribution in [0.25, 0.3) is 10.8 Å². The van der Waals surface area contributed by atoms with E-state index in [0.29, 0.717) is 12.2 Å². The maximum absolute atomic E-state index is 13.0. The Morgan fingerprint density at radius 1 is 1.08 bits per heavy atom. The van der Waals surface area contributed by atoms with Gasteiger partial charge in [0, 0.05) is 18.9 Å². The summed E-state index contributed by atoms with van der Waals surface area (Å²) in [4.78, 5) is 24.6. The summed E-state index contributed by atoms with van der Waals surface area (Å²) < 4.78 is 23.1. The molecule has 0 aromatic heterocycles. The maximum Gasteiger partial charge on any atom is 0.313 e. The molecule has 3 aromatic rings. The fourth-order valence-electron chi connectivity index (χ4n) is 5.17. The quantitative estimate of drug-likeness (QED) is 0.269. The van der Waals surface area contributed by atoms with Gasteiger partial charge in [-0.05, 0) is 92.6 Å². The van der Waals surface area contributed by atoms with Crippen molar-refractivity contribution in [3.05, 3.63) is 64.2 Å². The Balaban J connectivity index is 1.44.